The number of carbonyl (C=O) groups excluding carboxylic acids is 3. The number of amides is 3. The number of primary amides is 1. The van der Waals surface area contributed by atoms with Crippen molar-refractivity contribution in [3.63, 3.8) is 0 Å². The van der Waals surface area contributed by atoms with Crippen LogP contribution < -0.4 is 25.8 Å². The van der Waals surface area contributed by atoms with Gasteiger partial charge < -0.3 is 25.8 Å². The Morgan fingerprint density at radius 1 is 0.710 bits per heavy atom. The first kappa shape index (κ1) is 21.4. The number of rotatable bonds is 7. The summed E-state index contributed by atoms with van der Waals surface area (Å²) in [6.07, 6.45) is 0. The summed E-state index contributed by atoms with van der Waals surface area (Å²) in [6.45, 7) is 0. The maximum absolute atomic E-state index is 12.8. The Labute approximate surface area is 179 Å². The summed E-state index contributed by atoms with van der Waals surface area (Å²) in [7, 11) is 2.92. The van der Waals surface area contributed by atoms with E-state index >= 15 is 0 Å². The Morgan fingerprint density at radius 2 is 1.23 bits per heavy atom. The van der Waals surface area contributed by atoms with E-state index in [9.17, 15) is 14.4 Å². The molecule has 8 nitrogen and oxygen atoms in total. The van der Waals surface area contributed by atoms with E-state index in [0.29, 0.717) is 22.7 Å². The molecule has 0 spiro atoms. The number of nitrogens with one attached hydrogen (secondary N) is 2. The molecule has 0 unspecified atom stereocenters. The number of carbonyl (C=O) groups is 3. The number of hydrogen-bond acceptors (Lipinski definition) is 5. The minimum absolute atomic E-state index is 0.0959. The first-order valence-corrected chi connectivity index (χ1v) is 9.27. The molecule has 0 radical (unpaired) electrons. The van der Waals surface area contributed by atoms with E-state index in [4.69, 9.17) is 15.2 Å². The molecule has 3 aromatic rings. The van der Waals surface area contributed by atoms with Crippen molar-refractivity contribution < 1.29 is 23.9 Å². The second kappa shape index (κ2) is 9.45. The third-order valence-electron chi connectivity index (χ3n) is 4.49. The number of ether oxygens (including phenoxy) is 2. The molecule has 0 aliphatic carbocycles. The standard InChI is InChI=1S/C23H21N3O5/c1-30-19-9-5-3-7-16(19)22(28)25-14-11-12-15(21(24)27)18(13-14)26-23(29)17-8-4-6-10-20(17)31-2/h3-13H,1-2H3,(H2,24,27)(H,25,28)(H,26,29). The van der Waals surface area contributed by atoms with Crippen LogP contribution in [0.4, 0.5) is 11.4 Å². The molecule has 0 bridgehead atoms. The van der Waals surface area contributed by atoms with Crippen LogP contribution in [0, 0.1) is 0 Å². The van der Waals surface area contributed by atoms with Crippen LogP contribution in [0.15, 0.2) is 66.7 Å². The van der Waals surface area contributed by atoms with Crippen molar-refractivity contribution in [1.82, 2.24) is 0 Å². The van der Waals surface area contributed by atoms with Gasteiger partial charge in [0.25, 0.3) is 17.7 Å². The van der Waals surface area contributed by atoms with Gasteiger partial charge in [0, 0.05) is 5.69 Å². The number of anilines is 2. The van der Waals surface area contributed by atoms with Gasteiger partial charge in [-0.2, -0.15) is 0 Å². The molecule has 0 heterocycles. The Hall–Kier alpha value is -4.33. The highest BCUT2D eigenvalue weighted by Crippen LogP contribution is 2.25. The molecule has 31 heavy (non-hydrogen) atoms. The smallest absolute Gasteiger partial charge is 0.259 e. The monoisotopic (exact) mass is 419 g/mol. The van der Waals surface area contributed by atoms with Crippen molar-refractivity contribution in [1.29, 1.82) is 0 Å². The zero-order valence-electron chi connectivity index (χ0n) is 17.0. The Morgan fingerprint density at radius 3 is 1.74 bits per heavy atom. The average Bonchev–Trinajstić information content (AvgIpc) is 2.78. The van der Waals surface area contributed by atoms with Crippen LogP contribution >= 0.6 is 0 Å². The fourth-order valence-corrected chi connectivity index (χ4v) is 2.99. The summed E-state index contributed by atoms with van der Waals surface area (Å²) in [5.41, 5.74) is 6.67. The maximum atomic E-state index is 12.8. The Bertz CT molecular complexity index is 1140. The van der Waals surface area contributed by atoms with Crippen LogP contribution in [-0.4, -0.2) is 31.9 Å². The van der Waals surface area contributed by atoms with Gasteiger partial charge in [0.05, 0.1) is 36.6 Å². The van der Waals surface area contributed by atoms with Gasteiger partial charge in [0.15, 0.2) is 0 Å². The van der Waals surface area contributed by atoms with E-state index in [1.54, 1.807) is 48.5 Å². The molecule has 0 saturated heterocycles. The van der Waals surface area contributed by atoms with E-state index < -0.39 is 17.7 Å². The quantitative estimate of drug-likeness (QED) is 0.543. The first-order valence-electron chi connectivity index (χ1n) is 9.27. The van der Waals surface area contributed by atoms with E-state index in [1.807, 2.05) is 0 Å². The molecule has 0 aliphatic rings. The number of hydrogen-bond donors (Lipinski definition) is 3. The van der Waals surface area contributed by atoms with Crippen LogP contribution in [-0.2, 0) is 0 Å². The van der Waals surface area contributed by atoms with Crippen LogP contribution in [0.2, 0.25) is 0 Å². The van der Waals surface area contributed by atoms with Crippen LogP contribution in [0.25, 0.3) is 0 Å². The highest BCUT2D eigenvalue weighted by atomic mass is 16.5. The Kier molecular flexibility index (Phi) is 6.51. The number of benzene rings is 3. The van der Waals surface area contributed by atoms with Crippen molar-refractivity contribution in [3.05, 3.63) is 83.4 Å². The second-order valence-electron chi connectivity index (χ2n) is 6.43. The first-order chi connectivity index (χ1) is 14.9. The third kappa shape index (κ3) is 4.81. The van der Waals surface area contributed by atoms with Gasteiger partial charge in [-0.1, -0.05) is 24.3 Å². The summed E-state index contributed by atoms with van der Waals surface area (Å²) >= 11 is 0. The fourth-order valence-electron chi connectivity index (χ4n) is 2.99. The minimum Gasteiger partial charge on any atom is -0.496 e. The highest BCUT2D eigenvalue weighted by molar-refractivity contribution is 6.11. The van der Waals surface area contributed by atoms with Gasteiger partial charge in [0.1, 0.15) is 11.5 Å². The number of methoxy groups -OCH3 is 2. The number of nitrogens with two attached hydrogens (primary N) is 1. The largest absolute Gasteiger partial charge is 0.496 e. The molecule has 3 aromatic carbocycles. The predicted molar refractivity (Wildman–Crippen MR) is 117 cm³/mol. The summed E-state index contributed by atoms with van der Waals surface area (Å²) in [6, 6.07) is 17.8. The van der Waals surface area contributed by atoms with E-state index in [2.05, 4.69) is 10.6 Å². The lowest BCUT2D eigenvalue weighted by molar-refractivity contribution is 0.0998. The molecule has 0 aromatic heterocycles. The normalized spacial score (nSPS) is 10.1. The van der Waals surface area contributed by atoms with Crippen molar-refractivity contribution in [3.8, 4) is 11.5 Å². The lowest BCUT2D eigenvalue weighted by Gasteiger charge is -2.14. The van der Waals surface area contributed by atoms with Gasteiger partial charge in [-0.05, 0) is 42.5 Å². The molecule has 3 amide bonds. The average molecular weight is 419 g/mol. The lowest BCUT2D eigenvalue weighted by Crippen LogP contribution is -2.19. The number of para-hydroxylation sites is 2. The molecule has 0 fully saturated rings. The SMILES string of the molecule is COc1ccccc1C(=O)Nc1ccc(C(N)=O)c(NC(=O)c2ccccc2OC)c1. The molecule has 0 saturated carbocycles. The molecular weight excluding hydrogens is 398 g/mol. The van der Waals surface area contributed by atoms with Gasteiger partial charge in [0.2, 0.25) is 0 Å². The minimum atomic E-state index is -0.724. The van der Waals surface area contributed by atoms with Crippen molar-refractivity contribution >= 4 is 29.1 Å². The summed E-state index contributed by atoms with van der Waals surface area (Å²) in [5.74, 6) is -0.836. The zero-order valence-corrected chi connectivity index (χ0v) is 17.0. The lowest BCUT2D eigenvalue weighted by atomic mass is 10.1. The molecule has 4 N–H and O–H groups in total. The van der Waals surface area contributed by atoms with Crippen molar-refractivity contribution in [2.24, 2.45) is 5.73 Å². The van der Waals surface area contributed by atoms with Gasteiger partial charge in [-0.15, -0.1) is 0 Å². The highest BCUT2D eigenvalue weighted by Gasteiger charge is 2.17. The summed E-state index contributed by atoms with van der Waals surface area (Å²) < 4.78 is 10.4. The fraction of sp³-hybridized carbons (Fsp3) is 0.0870. The summed E-state index contributed by atoms with van der Waals surface area (Å²) in [4.78, 5) is 37.3. The Balaban J connectivity index is 1.90. The van der Waals surface area contributed by atoms with E-state index in [-0.39, 0.29) is 16.8 Å². The summed E-state index contributed by atoms with van der Waals surface area (Å²) in [5, 5.41) is 5.39. The molecule has 3 rings (SSSR count). The van der Waals surface area contributed by atoms with Gasteiger partial charge in [-0.3, -0.25) is 14.4 Å². The molecular formula is C23H21N3O5. The van der Waals surface area contributed by atoms with Crippen molar-refractivity contribution in [2.75, 3.05) is 24.9 Å². The van der Waals surface area contributed by atoms with Crippen LogP contribution in [0.3, 0.4) is 0 Å². The van der Waals surface area contributed by atoms with Crippen molar-refractivity contribution in [2.45, 2.75) is 0 Å². The van der Waals surface area contributed by atoms with Gasteiger partial charge in [-0.25, -0.2) is 0 Å². The molecule has 8 heteroatoms. The van der Waals surface area contributed by atoms with E-state index in [1.165, 1.54) is 32.4 Å². The second-order valence-corrected chi connectivity index (χ2v) is 6.43. The zero-order chi connectivity index (χ0) is 22.4. The predicted octanol–water partition coefficient (Wildman–Crippen LogP) is 3.31. The molecule has 0 atom stereocenters. The van der Waals surface area contributed by atoms with Gasteiger partial charge >= 0.3 is 0 Å². The third-order valence-corrected chi connectivity index (χ3v) is 4.49. The maximum Gasteiger partial charge on any atom is 0.259 e. The molecule has 158 valence electrons. The van der Waals surface area contributed by atoms with Crippen LogP contribution in [0.5, 0.6) is 11.5 Å². The van der Waals surface area contributed by atoms with E-state index in [0.717, 1.165) is 0 Å². The van der Waals surface area contributed by atoms with Crippen LogP contribution in [0.1, 0.15) is 31.1 Å². The topological polar surface area (TPSA) is 120 Å². The molecule has 0 aliphatic heterocycles.